The number of phosphoric ester groups is 1. The van der Waals surface area contributed by atoms with Crippen LogP contribution in [0.1, 0.15) is 162 Å². The zero-order chi connectivity index (χ0) is 42.3. The second-order valence-electron chi connectivity index (χ2n) is 16.1. The molecular weight excluding hydrogens is 741 g/mol. The summed E-state index contributed by atoms with van der Waals surface area (Å²) in [4.78, 5) is 25.1. The Kier molecular flexibility index (Phi) is 36.8. The molecule has 2 N–H and O–H groups in total. The van der Waals surface area contributed by atoms with Crippen LogP contribution < -0.4 is 4.89 Å². The fraction of sp³-hybridized carbons (Fsp3) is 0.761. The van der Waals surface area contributed by atoms with Crippen molar-refractivity contribution in [2.45, 2.75) is 180 Å². The van der Waals surface area contributed by atoms with Gasteiger partial charge in [0.1, 0.15) is 19.8 Å². The lowest BCUT2D eigenvalue weighted by Gasteiger charge is -2.28. The number of nitrogens with zero attached hydrogens (tertiary/aromatic N) is 1. The van der Waals surface area contributed by atoms with E-state index in [9.17, 15) is 24.5 Å². The average Bonchev–Trinajstić information content (AvgIpc) is 3.16. The van der Waals surface area contributed by atoms with E-state index in [-0.39, 0.29) is 32.5 Å². The number of likely N-dealkylation sites (N-methyl/N-ethyl adjacent to an activating group) is 1. The van der Waals surface area contributed by atoms with Gasteiger partial charge >= 0.3 is 5.97 Å². The first-order chi connectivity index (χ1) is 27.4. The number of aliphatic hydroxyl groups is 2. The van der Waals surface area contributed by atoms with Crippen molar-refractivity contribution in [3.63, 3.8) is 0 Å². The van der Waals surface area contributed by atoms with Gasteiger partial charge in [-0.05, 0) is 89.5 Å². The van der Waals surface area contributed by atoms with Crippen LogP contribution in [0.5, 0.6) is 0 Å². The van der Waals surface area contributed by atoms with Crippen molar-refractivity contribution in [2.24, 2.45) is 0 Å². The van der Waals surface area contributed by atoms with Gasteiger partial charge < -0.3 is 38.1 Å². The third-order valence-corrected chi connectivity index (χ3v) is 10.3. The van der Waals surface area contributed by atoms with Gasteiger partial charge in [0.15, 0.2) is 6.10 Å². The molecule has 0 bridgehead atoms. The van der Waals surface area contributed by atoms with Crippen LogP contribution in [0.3, 0.4) is 0 Å². The summed E-state index contributed by atoms with van der Waals surface area (Å²) in [6, 6.07) is 0. The number of hydrogen-bond acceptors (Lipinski definition) is 9. The Bertz CT molecular complexity index is 1130. The van der Waals surface area contributed by atoms with Crippen LogP contribution in [0.15, 0.2) is 60.9 Å². The molecule has 0 aliphatic heterocycles. The molecule has 3 unspecified atom stereocenters. The SMILES string of the molecule is CCCCC/C=C\C/C=C\C/C=C\CC(O)C(O)CCCC(=O)O[C@H](CO/C=C/CCCCCC/C=C\CCCCCCCC)COP(=O)([O-])OCC[N+](C)(C)C. The third kappa shape index (κ3) is 40.5. The van der Waals surface area contributed by atoms with Crippen LogP contribution in [0.2, 0.25) is 0 Å². The molecule has 0 aliphatic rings. The lowest BCUT2D eigenvalue weighted by Crippen LogP contribution is -2.37. The van der Waals surface area contributed by atoms with Crippen molar-refractivity contribution in [3.05, 3.63) is 60.9 Å². The van der Waals surface area contributed by atoms with Gasteiger partial charge in [-0.2, -0.15) is 0 Å². The Balaban J connectivity index is 4.57. The number of carbonyl (C=O) groups excluding carboxylic acids is 1. The molecule has 0 aliphatic carbocycles. The quantitative estimate of drug-likeness (QED) is 0.0155. The van der Waals surface area contributed by atoms with E-state index in [0.29, 0.717) is 17.4 Å². The van der Waals surface area contributed by atoms with Crippen molar-refractivity contribution in [1.82, 2.24) is 0 Å². The molecular formula is C46H84NO9P. The van der Waals surface area contributed by atoms with Gasteiger partial charge in [0, 0.05) is 6.42 Å². The fourth-order valence-corrected chi connectivity index (χ4v) is 6.40. The van der Waals surface area contributed by atoms with Crippen LogP contribution >= 0.6 is 7.82 Å². The number of quaternary nitrogens is 1. The molecule has 0 spiro atoms. The summed E-state index contributed by atoms with van der Waals surface area (Å²) in [6.07, 6.45) is 40.6. The van der Waals surface area contributed by atoms with Crippen molar-refractivity contribution in [1.29, 1.82) is 0 Å². The van der Waals surface area contributed by atoms with Gasteiger partial charge in [-0.3, -0.25) is 9.36 Å². The number of hydrogen-bond donors (Lipinski definition) is 2. The minimum atomic E-state index is -4.63. The first-order valence-corrected chi connectivity index (χ1v) is 23.7. The van der Waals surface area contributed by atoms with E-state index in [0.717, 1.165) is 44.9 Å². The summed E-state index contributed by atoms with van der Waals surface area (Å²) in [6.45, 7) is 4.34. The second-order valence-corrected chi connectivity index (χ2v) is 17.5. The second kappa shape index (κ2) is 38.2. The highest BCUT2D eigenvalue weighted by molar-refractivity contribution is 7.45. The first kappa shape index (κ1) is 55.0. The average molecular weight is 826 g/mol. The molecule has 4 atom stereocenters. The molecule has 0 radical (unpaired) electrons. The molecule has 0 amide bonds. The summed E-state index contributed by atoms with van der Waals surface area (Å²) < 4.78 is 34.1. The highest BCUT2D eigenvalue weighted by Crippen LogP contribution is 2.38. The van der Waals surface area contributed by atoms with Crippen molar-refractivity contribution < 1.29 is 47.5 Å². The molecule has 0 fully saturated rings. The molecule has 0 saturated carbocycles. The normalized spacial score (nSPS) is 15.4. The fourth-order valence-electron chi connectivity index (χ4n) is 5.67. The van der Waals surface area contributed by atoms with E-state index in [4.69, 9.17) is 18.5 Å². The number of carbonyl (C=O) groups is 1. The lowest BCUT2D eigenvalue weighted by molar-refractivity contribution is -0.870. The minimum Gasteiger partial charge on any atom is -0.756 e. The molecule has 0 aromatic rings. The smallest absolute Gasteiger partial charge is 0.306 e. The summed E-state index contributed by atoms with van der Waals surface area (Å²) in [5.41, 5.74) is 0. The van der Waals surface area contributed by atoms with Crippen molar-refractivity contribution in [3.8, 4) is 0 Å². The van der Waals surface area contributed by atoms with Crippen LogP contribution in [-0.4, -0.2) is 86.5 Å². The number of ether oxygens (including phenoxy) is 2. The van der Waals surface area contributed by atoms with Gasteiger partial charge in [0.2, 0.25) is 0 Å². The van der Waals surface area contributed by atoms with E-state index in [1.165, 1.54) is 77.0 Å². The predicted molar refractivity (Wildman–Crippen MR) is 233 cm³/mol. The summed E-state index contributed by atoms with van der Waals surface area (Å²) in [5, 5.41) is 20.8. The number of esters is 1. The Hall–Kier alpha value is -2.04. The maximum Gasteiger partial charge on any atom is 0.306 e. The van der Waals surface area contributed by atoms with Gasteiger partial charge in [0.25, 0.3) is 7.82 Å². The monoisotopic (exact) mass is 826 g/mol. The standard InChI is InChI=1S/C46H84NO9P/c1-6-8-10-12-14-16-18-20-21-22-23-25-27-29-31-33-39-53-41-43(42-55-57(51,52)54-40-38-47(3,4)5)56-46(50)37-34-36-45(49)44(48)35-32-30-28-26-24-19-17-15-13-11-9-7-2/h15,17,20-21,24,26,30,32-33,39,43-45,48-49H,6-14,16,18-19,22-23,25,27-29,31,34-38,40-42H2,1-5H3/b17-15-,21-20-,26-24-,32-30-,39-33+/t43-,44?,45?/m1/s1. The van der Waals surface area contributed by atoms with Crippen LogP contribution in [0.4, 0.5) is 0 Å². The van der Waals surface area contributed by atoms with E-state index in [1.54, 1.807) is 6.26 Å². The summed E-state index contributed by atoms with van der Waals surface area (Å²) in [5.74, 6) is -0.579. The van der Waals surface area contributed by atoms with E-state index in [1.807, 2.05) is 39.4 Å². The van der Waals surface area contributed by atoms with Gasteiger partial charge in [-0.25, -0.2) is 0 Å². The van der Waals surface area contributed by atoms with Gasteiger partial charge in [-0.1, -0.05) is 120 Å². The van der Waals surface area contributed by atoms with Crippen molar-refractivity contribution >= 4 is 13.8 Å². The molecule has 0 aromatic carbocycles. The largest absolute Gasteiger partial charge is 0.756 e. The number of phosphoric acid groups is 1. The zero-order valence-electron chi connectivity index (χ0n) is 36.7. The molecule has 0 rings (SSSR count). The van der Waals surface area contributed by atoms with Crippen LogP contribution in [0.25, 0.3) is 0 Å². The Labute approximate surface area is 348 Å². The third-order valence-electron chi connectivity index (χ3n) is 9.31. The topological polar surface area (TPSA) is 135 Å². The molecule has 0 aromatic heterocycles. The summed E-state index contributed by atoms with van der Waals surface area (Å²) in [7, 11) is 1.14. The molecule has 57 heavy (non-hydrogen) atoms. The van der Waals surface area contributed by atoms with Gasteiger partial charge in [0.05, 0.1) is 46.2 Å². The van der Waals surface area contributed by atoms with E-state index < -0.39 is 38.7 Å². The zero-order valence-corrected chi connectivity index (χ0v) is 37.6. The number of rotatable bonds is 40. The predicted octanol–water partition coefficient (Wildman–Crippen LogP) is 10.6. The molecule has 0 heterocycles. The van der Waals surface area contributed by atoms with Gasteiger partial charge in [-0.15, -0.1) is 0 Å². The van der Waals surface area contributed by atoms with Crippen LogP contribution in [0, 0.1) is 0 Å². The van der Waals surface area contributed by atoms with E-state index >= 15 is 0 Å². The molecule has 332 valence electrons. The Morgan fingerprint density at radius 3 is 1.77 bits per heavy atom. The Morgan fingerprint density at radius 2 is 1.16 bits per heavy atom. The minimum absolute atomic E-state index is 0.0201. The maximum absolute atomic E-state index is 12.7. The van der Waals surface area contributed by atoms with Crippen molar-refractivity contribution in [2.75, 3.05) is 47.5 Å². The highest BCUT2D eigenvalue weighted by Gasteiger charge is 2.21. The first-order valence-electron chi connectivity index (χ1n) is 22.2. The Morgan fingerprint density at radius 1 is 0.649 bits per heavy atom. The highest BCUT2D eigenvalue weighted by atomic mass is 31.2. The maximum atomic E-state index is 12.7. The summed E-state index contributed by atoms with van der Waals surface area (Å²) >= 11 is 0. The van der Waals surface area contributed by atoms with Crippen LogP contribution in [-0.2, 0) is 27.9 Å². The molecule has 11 heteroatoms. The molecule has 0 saturated heterocycles. The number of allylic oxidation sites excluding steroid dienone is 8. The van der Waals surface area contributed by atoms with E-state index in [2.05, 4.69) is 50.3 Å². The number of aliphatic hydroxyl groups excluding tert-OH is 2. The molecule has 10 nitrogen and oxygen atoms in total. The lowest BCUT2D eigenvalue weighted by atomic mass is 10.0. The number of unbranched alkanes of at least 4 members (excludes halogenated alkanes) is 14.